The van der Waals surface area contributed by atoms with Crippen LogP contribution in [-0.2, 0) is 21.4 Å². The highest BCUT2D eigenvalue weighted by molar-refractivity contribution is 7.93. The molecular formula is C26H30N2O4S. The number of hydrogen-bond acceptors (Lipinski definition) is 4. The quantitative estimate of drug-likeness (QED) is 0.491. The molecule has 0 fully saturated rings. The Morgan fingerprint density at radius 3 is 2.12 bits per heavy atom. The van der Waals surface area contributed by atoms with Gasteiger partial charge in [0.05, 0.1) is 12.8 Å². The normalized spacial score (nSPS) is 11.2. The number of anilines is 1. The molecule has 0 unspecified atom stereocenters. The molecule has 0 aliphatic rings. The molecule has 0 saturated carbocycles. The first-order valence-electron chi connectivity index (χ1n) is 10.7. The van der Waals surface area contributed by atoms with Gasteiger partial charge >= 0.3 is 0 Å². The number of sulfonamides is 1. The van der Waals surface area contributed by atoms with Crippen molar-refractivity contribution in [1.82, 2.24) is 4.90 Å². The molecular weight excluding hydrogens is 436 g/mol. The lowest BCUT2D eigenvalue weighted by atomic mass is 10.1. The lowest BCUT2D eigenvalue weighted by molar-refractivity contribution is -0.128. The number of nitrogens with zero attached hydrogens (tertiary/aromatic N) is 2. The number of amides is 1. The zero-order valence-corrected chi connectivity index (χ0v) is 20.5. The van der Waals surface area contributed by atoms with Gasteiger partial charge in [-0.25, -0.2) is 8.42 Å². The van der Waals surface area contributed by atoms with Gasteiger partial charge in [-0.05, 0) is 67.3 Å². The molecule has 0 aromatic heterocycles. The van der Waals surface area contributed by atoms with Crippen molar-refractivity contribution < 1.29 is 17.9 Å². The van der Waals surface area contributed by atoms with E-state index in [1.54, 1.807) is 37.4 Å². The molecule has 0 N–H and O–H groups in total. The third-order valence-corrected chi connectivity index (χ3v) is 7.14. The van der Waals surface area contributed by atoms with Crippen LogP contribution >= 0.6 is 0 Å². The minimum atomic E-state index is -4.09. The van der Waals surface area contributed by atoms with Crippen molar-refractivity contribution in [2.45, 2.75) is 32.2 Å². The first-order valence-corrected chi connectivity index (χ1v) is 12.1. The molecule has 33 heavy (non-hydrogen) atoms. The minimum Gasteiger partial charge on any atom is -0.495 e. The molecule has 0 aliphatic heterocycles. The lowest BCUT2D eigenvalue weighted by Crippen LogP contribution is -2.41. The molecule has 0 saturated heterocycles. The van der Waals surface area contributed by atoms with E-state index in [-0.39, 0.29) is 23.1 Å². The van der Waals surface area contributed by atoms with Crippen LogP contribution in [0, 0.1) is 20.8 Å². The summed E-state index contributed by atoms with van der Waals surface area (Å²) in [4.78, 5) is 14.8. The van der Waals surface area contributed by atoms with Gasteiger partial charge in [-0.15, -0.1) is 0 Å². The summed E-state index contributed by atoms with van der Waals surface area (Å²) in [6.07, 6.45) is 0. The van der Waals surface area contributed by atoms with E-state index in [4.69, 9.17) is 4.74 Å². The standard InChI is InChI=1S/C26H30N2O4S/c1-19-11-12-24(32-5)25(16-19)33(30,31)28(23-14-20(2)13-21(3)15-23)18-26(29)27(4)17-22-9-7-6-8-10-22/h6-16H,17-18H2,1-5H3. The largest absolute Gasteiger partial charge is 0.495 e. The van der Waals surface area contributed by atoms with E-state index in [9.17, 15) is 13.2 Å². The van der Waals surface area contributed by atoms with Crippen molar-refractivity contribution in [2.75, 3.05) is 25.0 Å². The summed E-state index contributed by atoms with van der Waals surface area (Å²) in [5.41, 5.74) is 4.01. The average molecular weight is 467 g/mol. The number of carbonyl (C=O) groups is 1. The Morgan fingerprint density at radius 2 is 1.52 bits per heavy atom. The molecule has 0 heterocycles. The molecule has 0 radical (unpaired) electrons. The number of carbonyl (C=O) groups excluding carboxylic acids is 1. The number of ether oxygens (including phenoxy) is 1. The Morgan fingerprint density at radius 1 is 0.879 bits per heavy atom. The molecule has 0 atom stereocenters. The summed E-state index contributed by atoms with van der Waals surface area (Å²) in [5, 5.41) is 0. The van der Waals surface area contributed by atoms with Gasteiger partial charge in [0, 0.05) is 13.6 Å². The van der Waals surface area contributed by atoms with Crippen molar-refractivity contribution in [2.24, 2.45) is 0 Å². The van der Waals surface area contributed by atoms with Crippen LogP contribution in [0.2, 0.25) is 0 Å². The molecule has 7 heteroatoms. The van der Waals surface area contributed by atoms with Gasteiger partial charge in [-0.2, -0.15) is 0 Å². The van der Waals surface area contributed by atoms with Crippen molar-refractivity contribution in [3.63, 3.8) is 0 Å². The number of hydrogen-bond donors (Lipinski definition) is 0. The van der Waals surface area contributed by atoms with Crippen LogP contribution in [0.25, 0.3) is 0 Å². The average Bonchev–Trinajstić information content (AvgIpc) is 2.77. The van der Waals surface area contributed by atoms with E-state index in [0.29, 0.717) is 12.2 Å². The van der Waals surface area contributed by atoms with Gasteiger partial charge in [0.15, 0.2) is 0 Å². The third kappa shape index (κ3) is 5.73. The van der Waals surface area contributed by atoms with Crippen LogP contribution in [0.15, 0.2) is 71.6 Å². The summed E-state index contributed by atoms with van der Waals surface area (Å²) in [5.74, 6) is -0.0757. The second-order valence-corrected chi connectivity index (χ2v) is 10.1. The number of aryl methyl sites for hydroxylation is 3. The maximum absolute atomic E-state index is 13.9. The Hall–Kier alpha value is -3.32. The predicted octanol–water partition coefficient (Wildman–Crippen LogP) is 4.47. The summed E-state index contributed by atoms with van der Waals surface area (Å²) in [7, 11) is -0.984. The van der Waals surface area contributed by atoms with Crippen LogP contribution < -0.4 is 9.04 Å². The molecule has 1 amide bonds. The first-order chi connectivity index (χ1) is 15.6. The molecule has 3 aromatic carbocycles. The first kappa shape index (κ1) is 24.3. The smallest absolute Gasteiger partial charge is 0.268 e. The Bertz CT molecular complexity index is 1220. The monoisotopic (exact) mass is 466 g/mol. The van der Waals surface area contributed by atoms with Crippen molar-refractivity contribution >= 4 is 21.6 Å². The van der Waals surface area contributed by atoms with Crippen LogP contribution in [0.4, 0.5) is 5.69 Å². The molecule has 0 bridgehead atoms. The summed E-state index contributed by atoms with van der Waals surface area (Å²) in [6.45, 7) is 5.67. The molecule has 0 aliphatic carbocycles. The maximum Gasteiger partial charge on any atom is 0.268 e. The molecule has 174 valence electrons. The lowest BCUT2D eigenvalue weighted by Gasteiger charge is -2.28. The molecule has 6 nitrogen and oxygen atoms in total. The number of likely N-dealkylation sites (N-methyl/N-ethyl adjacent to an activating group) is 1. The highest BCUT2D eigenvalue weighted by Crippen LogP contribution is 2.32. The van der Waals surface area contributed by atoms with E-state index in [0.717, 1.165) is 22.3 Å². The van der Waals surface area contributed by atoms with Gasteiger partial charge in [0.2, 0.25) is 5.91 Å². The van der Waals surface area contributed by atoms with Gasteiger partial charge < -0.3 is 9.64 Å². The highest BCUT2D eigenvalue weighted by Gasteiger charge is 2.31. The van der Waals surface area contributed by atoms with Crippen LogP contribution in [0.1, 0.15) is 22.3 Å². The van der Waals surface area contributed by atoms with E-state index in [1.165, 1.54) is 16.3 Å². The Kier molecular flexibility index (Phi) is 7.43. The Labute approximate surface area is 196 Å². The second kappa shape index (κ2) is 10.1. The van der Waals surface area contributed by atoms with Gasteiger partial charge in [-0.3, -0.25) is 9.10 Å². The van der Waals surface area contributed by atoms with Gasteiger partial charge in [0.25, 0.3) is 10.0 Å². The fourth-order valence-corrected chi connectivity index (χ4v) is 5.34. The van der Waals surface area contributed by atoms with Gasteiger partial charge in [0.1, 0.15) is 17.2 Å². The van der Waals surface area contributed by atoms with Crippen LogP contribution in [0.5, 0.6) is 5.75 Å². The summed E-state index contributed by atoms with van der Waals surface area (Å²) < 4.78 is 34.3. The van der Waals surface area contributed by atoms with Crippen LogP contribution in [-0.4, -0.2) is 39.9 Å². The predicted molar refractivity (Wildman–Crippen MR) is 131 cm³/mol. The van der Waals surface area contributed by atoms with Crippen molar-refractivity contribution in [3.05, 3.63) is 89.0 Å². The van der Waals surface area contributed by atoms with E-state index in [2.05, 4.69) is 0 Å². The molecule has 3 rings (SSSR count). The Balaban J connectivity index is 2.03. The van der Waals surface area contributed by atoms with Crippen molar-refractivity contribution in [1.29, 1.82) is 0 Å². The van der Waals surface area contributed by atoms with Crippen LogP contribution in [0.3, 0.4) is 0 Å². The molecule has 0 spiro atoms. The molecule has 3 aromatic rings. The van der Waals surface area contributed by atoms with E-state index >= 15 is 0 Å². The zero-order valence-electron chi connectivity index (χ0n) is 19.7. The van der Waals surface area contributed by atoms with Crippen molar-refractivity contribution in [3.8, 4) is 5.75 Å². The summed E-state index contributed by atoms with van der Waals surface area (Å²) >= 11 is 0. The zero-order chi connectivity index (χ0) is 24.2. The topological polar surface area (TPSA) is 66.9 Å². The highest BCUT2D eigenvalue weighted by atomic mass is 32.2. The fourth-order valence-electron chi connectivity index (χ4n) is 3.70. The number of benzene rings is 3. The second-order valence-electron chi connectivity index (χ2n) is 8.25. The third-order valence-electron chi connectivity index (χ3n) is 5.35. The SMILES string of the molecule is COc1ccc(C)cc1S(=O)(=O)N(CC(=O)N(C)Cc1ccccc1)c1cc(C)cc(C)c1. The van der Waals surface area contributed by atoms with E-state index in [1.807, 2.05) is 57.2 Å². The minimum absolute atomic E-state index is 0.0303. The fraction of sp³-hybridized carbons (Fsp3) is 0.269. The van der Waals surface area contributed by atoms with E-state index < -0.39 is 10.0 Å². The number of rotatable bonds is 8. The van der Waals surface area contributed by atoms with Gasteiger partial charge in [-0.1, -0.05) is 42.5 Å². The number of methoxy groups -OCH3 is 1. The summed E-state index contributed by atoms with van der Waals surface area (Å²) in [6, 6.07) is 20.1. The maximum atomic E-state index is 13.9.